The van der Waals surface area contributed by atoms with E-state index in [0.29, 0.717) is 35.0 Å². The van der Waals surface area contributed by atoms with Crippen molar-refractivity contribution in [1.29, 1.82) is 0 Å². The lowest BCUT2D eigenvalue weighted by molar-refractivity contribution is 0.197. The van der Waals surface area contributed by atoms with Gasteiger partial charge in [-0.3, -0.25) is 14.3 Å². The molecular weight excluding hydrogens is 358 g/mol. The molecule has 0 amide bonds. The van der Waals surface area contributed by atoms with Gasteiger partial charge in [0.2, 0.25) is 5.89 Å². The van der Waals surface area contributed by atoms with Crippen molar-refractivity contribution in [1.82, 2.24) is 24.6 Å². The van der Waals surface area contributed by atoms with Crippen LogP contribution in [0.1, 0.15) is 56.2 Å². The summed E-state index contributed by atoms with van der Waals surface area (Å²) in [7, 11) is 0. The molecule has 0 spiro atoms. The molecule has 2 aromatic heterocycles. The predicted octanol–water partition coefficient (Wildman–Crippen LogP) is 2.23. The highest BCUT2D eigenvalue weighted by Gasteiger charge is 2.31. The number of para-hydroxylation sites is 1. The largest absolute Gasteiger partial charge is 0.395 e. The predicted molar refractivity (Wildman–Crippen MR) is 104 cm³/mol. The number of hydrogen-bond donors (Lipinski definition) is 1. The van der Waals surface area contributed by atoms with Crippen LogP contribution in [0.2, 0.25) is 0 Å². The van der Waals surface area contributed by atoms with Crippen molar-refractivity contribution in [3.8, 4) is 0 Å². The van der Waals surface area contributed by atoms with Crippen LogP contribution >= 0.6 is 0 Å². The second-order valence-electron chi connectivity index (χ2n) is 7.50. The molecule has 1 unspecified atom stereocenters. The highest BCUT2D eigenvalue weighted by molar-refractivity contribution is 5.77. The molecule has 4 rings (SSSR count). The molecule has 1 aromatic carbocycles. The molecule has 1 N–H and O–H groups in total. The maximum atomic E-state index is 13.0. The van der Waals surface area contributed by atoms with Crippen LogP contribution in [0.3, 0.4) is 0 Å². The molecule has 1 fully saturated rings. The van der Waals surface area contributed by atoms with E-state index in [0.717, 1.165) is 19.4 Å². The third kappa shape index (κ3) is 3.45. The first-order valence-electron chi connectivity index (χ1n) is 9.75. The molecule has 0 radical (unpaired) electrons. The van der Waals surface area contributed by atoms with Crippen molar-refractivity contribution < 1.29 is 9.63 Å². The van der Waals surface area contributed by atoms with Crippen molar-refractivity contribution in [2.24, 2.45) is 0 Å². The van der Waals surface area contributed by atoms with Gasteiger partial charge in [-0.2, -0.15) is 4.98 Å². The Morgan fingerprint density at radius 3 is 2.86 bits per heavy atom. The van der Waals surface area contributed by atoms with E-state index in [1.807, 2.05) is 32.0 Å². The zero-order valence-electron chi connectivity index (χ0n) is 16.2. The van der Waals surface area contributed by atoms with Crippen LogP contribution in [0, 0.1) is 0 Å². The average molecular weight is 383 g/mol. The van der Waals surface area contributed by atoms with Crippen molar-refractivity contribution in [3.63, 3.8) is 0 Å². The van der Waals surface area contributed by atoms with E-state index in [4.69, 9.17) is 9.51 Å². The number of hydrogen-bond acceptors (Lipinski definition) is 7. The van der Waals surface area contributed by atoms with E-state index in [9.17, 15) is 9.90 Å². The summed E-state index contributed by atoms with van der Waals surface area (Å²) < 4.78 is 7.02. The maximum absolute atomic E-state index is 13.0. The molecular formula is C20H25N5O3. The number of aromatic nitrogens is 4. The van der Waals surface area contributed by atoms with Gasteiger partial charge in [0, 0.05) is 5.92 Å². The topological polar surface area (TPSA) is 97.3 Å². The second kappa shape index (κ2) is 7.81. The average Bonchev–Trinajstić information content (AvgIpc) is 3.34. The zero-order chi connectivity index (χ0) is 19.7. The summed E-state index contributed by atoms with van der Waals surface area (Å²) in [5, 5.41) is 14.1. The molecule has 1 saturated heterocycles. The van der Waals surface area contributed by atoms with Crippen molar-refractivity contribution in [2.75, 3.05) is 13.2 Å². The molecule has 28 heavy (non-hydrogen) atoms. The lowest BCUT2D eigenvalue weighted by atomic mass is 10.1. The van der Waals surface area contributed by atoms with Gasteiger partial charge in [0.1, 0.15) is 5.82 Å². The minimum atomic E-state index is -0.110. The van der Waals surface area contributed by atoms with Crippen LogP contribution in [-0.4, -0.2) is 42.8 Å². The Bertz CT molecular complexity index is 1030. The lowest BCUT2D eigenvalue weighted by Gasteiger charge is -2.25. The molecule has 8 heteroatoms. The fourth-order valence-electron chi connectivity index (χ4n) is 3.80. The lowest BCUT2D eigenvalue weighted by Crippen LogP contribution is -2.33. The fraction of sp³-hybridized carbons (Fsp3) is 0.500. The van der Waals surface area contributed by atoms with E-state index >= 15 is 0 Å². The molecule has 0 bridgehead atoms. The molecule has 8 nitrogen and oxygen atoms in total. The van der Waals surface area contributed by atoms with Gasteiger partial charge >= 0.3 is 0 Å². The summed E-state index contributed by atoms with van der Waals surface area (Å²) in [4.78, 5) is 24.5. The highest BCUT2D eigenvalue weighted by atomic mass is 16.5. The van der Waals surface area contributed by atoms with E-state index in [1.54, 1.807) is 10.6 Å². The Morgan fingerprint density at radius 1 is 1.29 bits per heavy atom. The summed E-state index contributed by atoms with van der Waals surface area (Å²) in [5.74, 6) is 2.18. The number of nitrogens with zero attached hydrogens (tertiary/aromatic N) is 5. The first-order valence-corrected chi connectivity index (χ1v) is 9.75. The summed E-state index contributed by atoms with van der Waals surface area (Å²) in [5.41, 5.74) is 0.574. The maximum Gasteiger partial charge on any atom is 0.261 e. The van der Waals surface area contributed by atoms with Crippen LogP contribution in [-0.2, 0) is 13.1 Å². The van der Waals surface area contributed by atoms with Crippen LogP contribution in [0.5, 0.6) is 0 Å². The van der Waals surface area contributed by atoms with Gasteiger partial charge in [0.25, 0.3) is 5.56 Å². The Labute approximate surface area is 162 Å². The third-order valence-electron chi connectivity index (χ3n) is 5.22. The number of likely N-dealkylation sites (tertiary alicyclic amines) is 1. The van der Waals surface area contributed by atoms with Gasteiger partial charge in [0.15, 0.2) is 5.82 Å². The highest BCUT2D eigenvalue weighted by Crippen LogP contribution is 2.32. The quantitative estimate of drug-likeness (QED) is 0.697. The molecule has 148 valence electrons. The monoisotopic (exact) mass is 383 g/mol. The summed E-state index contributed by atoms with van der Waals surface area (Å²) in [6, 6.07) is 7.32. The van der Waals surface area contributed by atoms with Crippen LogP contribution < -0.4 is 5.56 Å². The standard InChI is InChI=1S/C20H25N5O3/c1-13(2)18-22-17(28-23-18)12-24-9-5-8-16(24)19-21-15-7-4-3-6-14(15)20(27)25(19)10-11-26/h3-4,6-7,13,16,26H,5,8-12H2,1-2H3. The van der Waals surface area contributed by atoms with Gasteiger partial charge in [0.05, 0.1) is 36.6 Å². The third-order valence-corrected chi connectivity index (χ3v) is 5.22. The molecule has 3 heterocycles. The van der Waals surface area contributed by atoms with E-state index in [2.05, 4.69) is 15.0 Å². The summed E-state index contributed by atoms with van der Waals surface area (Å²) in [6.45, 7) is 5.56. The molecule has 1 aliphatic heterocycles. The Kier molecular flexibility index (Phi) is 5.23. The second-order valence-corrected chi connectivity index (χ2v) is 7.50. The number of benzene rings is 1. The number of aliphatic hydroxyl groups excluding tert-OH is 1. The minimum absolute atomic E-state index is 0.0294. The van der Waals surface area contributed by atoms with Crippen LogP contribution in [0.25, 0.3) is 10.9 Å². The number of rotatable bonds is 6. The smallest absolute Gasteiger partial charge is 0.261 e. The van der Waals surface area contributed by atoms with Crippen LogP contribution in [0.4, 0.5) is 0 Å². The summed E-state index contributed by atoms with van der Waals surface area (Å²) in [6.07, 6.45) is 1.89. The van der Waals surface area contributed by atoms with E-state index in [-0.39, 0.29) is 30.7 Å². The van der Waals surface area contributed by atoms with Crippen molar-refractivity contribution in [2.45, 2.75) is 51.7 Å². The summed E-state index contributed by atoms with van der Waals surface area (Å²) >= 11 is 0. The minimum Gasteiger partial charge on any atom is -0.395 e. The molecule has 0 aliphatic carbocycles. The van der Waals surface area contributed by atoms with Crippen molar-refractivity contribution >= 4 is 10.9 Å². The van der Waals surface area contributed by atoms with Crippen molar-refractivity contribution in [3.05, 3.63) is 52.2 Å². The first kappa shape index (κ1) is 18.8. The molecule has 0 saturated carbocycles. The Hall–Kier alpha value is -2.58. The van der Waals surface area contributed by atoms with E-state index in [1.165, 1.54) is 0 Å². The molecule has 1 atom stereocenters. The molecule has 1 aliphatic rings. The fourth-order valence-corrected chi connectivity index (χ4v) is 3.80. The number of fused-ring (bicyclic) bond motifs is 1. The number of aliphatic hydroxyl groups is 1. The Balaban J connectivity index is 1.70. The van der Waals surface area contributed by atoms with Gasteiger partial charge < -0.3 is 9.63 Å². The first-order chi connectivity index (χ1) is 13.6. The van der Waals surface area contributed by atoms with Gasteiger partial charge in [-0.25, -0.2) is 4.98 Å². The SMILES string of the molecule is CC(C)c1noc(CN2CCCC2c2nc3ccccc3c(=O)n2CCO)n1. The van der Waals surface area contributed by atoms with E-state index < -0.39 is 0 Å². The zero-order valence-corrected chi connectivity index (χ0v) is 16.2. The normalized spacial score (nSPS) is 17.8. The molecule has 3 aromatic rings. The van der Waals surface area contributed by atoms with Gasteiger partial charge in [-0.15, -0.1) is 0 Å². The Morgan fingerprint density at radius 2 is 2.11 bits per heavy atom. The van der Waals surface area contributed by atoms with Gasteiger partial charge in [-0.1, -0.05) is 31.1 Å². The van der Waals surface area contributed by atoms with Gasteiger partial charge in [-0.05, 0) is 31.5 Å². The van der Waals surface area contributed by atoms with Crippen LogP contribution in [0.15, 0.2) is 33.6 Å².